The maximum Gasteiger partial charge on any atom is 0.270 e. The standard InChI is InChI=1S/C26H29N7O2/c1-32-13-15-33(16-14-32)12-7-17-35-23-11-6-5-10-21(23)19-28-31-26-29-24(20-8-3-2-4-9-20)22(18-27)25(34)30-26/h2-6,8-11,19H,7,12-17H2,1H3,(H2,29,30,31,34). The van der Waals surface area contributed by atoms with Crippen LogP contribution in [0.4, 0.5) is 5.95 Å². The van der Waals surface area contributed by atoms with Gasteiger partial charge in [0, 0.05) is 43.9 Å². The Labute approximate surface area is 204 Å². The molecule has 2 heterocycles. The van der Waals surface area contributed by atoms with E-state index in [0.717, 1.165) is 50.5 Å². The Morgan fingerprint density at radius 3 is 2.66 bits per heavy atom. The van der Waals surface area contributed by atoms with E-state index in [-0.39, 0.29) is 11.5 Å². The van der Waals surface area contributed by atoms with Crippen LogP contribution in [0, 0.1) is 11.3 Å². The molecule has 9 heteroatoms. The van der Waals surface area contributed by atoms with Crippen LogP contribution in [-0.2, 0) is 0 Å². The predicted molar refractivity (Wildman–Crippen MR) is 137 cm³/mol. The third-order valence-electron chi connectivity index (χ3n) is 5.84. The van der Waals surface area contributed by atoms with E-state index in [1.165, 1.54) is 0 Å². The van der Waals surface area contributed by atoms with Crippen molar-refractivity contribution in [2.45, 2.75) is 6.42 Å². The highest BCUT2D eigenvalue weighted by Gasteiger charge is 2.14. The van der Waals surface area contributed by atoms with E-state index >= 15 is 0 Å². The molecule has 1 aliphatic rings. The van der Waals surface area contributed by atoms with Gasteiger partial charge in [-0.15, -0.1) is 0 Å². The van der Waals surface area contributed by atoms with Crippen molar-refractivity contribution in [2.24, 2.45) is 5.10 Å². The molecule has 4 rings (SSSR count). The van der Waals surface area contributed by atoms with Crippen LogP contribution in [0.3, 0.4) is 0 Å². The number of H-pyrrole nitrogens is 1. The van der Waals surface area contributed by atoms with Crippen molar-refractivity contribution >= 4 is 12.2 Å². The third kappa shape index (κ3) is 6.53. The number of anilines is 1. The summed E-state index contributed by atoms with van der Waals surface area (Å²) in [5.41, 5.74) is 3.99. The molecule has 2 aromatic carbocycles. The molecule has 3 aromatic rings. The molecule has 0 spiro atoms. The van der Waals surface area contributed by atoms with E-state index in [4.69, 9.17) is 4.74 Å². The largest absolute Gasteiger partial charge is 0.493 e. The minimum absolute atomic E-state index is 0.0407. The Balaban J connectivity index is 1.38. The predicted octanol–water partition coefficient (Wildman–Crippen LogP) is 2.77. The van der Waals surface area contributed by atoms with E-state index in [2.05, 4.69) is 37.3 Å². The van der Waals surface area contributed by atoms with Crippen LogP contribution in [0.15, 0.2) is 64.5 Å². The Hall–Kier alpha value is -4.00. The summed E-state index contributed by atoms with van der Waals surface area (Å²) in [6.07, 6.45) is 2.57. The molecule has 1 fully saturated rings. The second-order valence-corrected chi connectivity index (χ2v) is 8.37. The van der Waals surface area contributed by atoms with E-state index in [1.807, 2.05) is 48.5 Å². The number of nitrogens with one attached hydrogen (secondary N) is 2. The first-order valence-electron chi connectivity index (χ1n) is 11.7. The van der Waals surface area contributed by atoms with E-state index in [1.54, 1.807) is 18.3 Å². The van der Waals surface area contributed by atoms with Gasteiger partial charge in [0.25, 0.3) is 5.56 Å². The molecule has 9 nitrogen and oxygen atoms in total. The van der Waals surface area contributed by atoms with Gasteiger partial charge in [-0.05, 0) is 25.6 Å². The number of likely N-dealkylation sites (N-methyl/N-ethyl adjacent to an activating group) is 1. The van der Waals surface area contributed by atoms with Gasteiger partial charge in [-0.1, -0.05) is 42.5 Å². The topological polar surface area (TPSA) is 110 Å². The third-order valence-corrected chi connectivity index (χ3v) is 5.84. The Morgan fingerprint density at radius 2 is 1.89 bits per heavy atom. The number of rotatable bonds is 9. The number of aromatic nitrogens is 2. The molecule has 1 aliphatic heterocycles. The number of hydrogen-bond donors (Lipinski definition) is 2. The zero-order chi connectivity index (χ0) is 24.5. The SMILES string of the molecule is CN1CCN(CCCOc2ccccc2C=NNc2nc(-c3ccccc3)c(C#N)c(=O)[nH]2)CC1. The van der Waals surface area contributed by atoms with Gasteiger partial charge in [-0.3, -0.25) is 9.78 Å². The number of hydrazone groups is 1. The lowest BCUT2D eigenvalue weighted by molar-refractivity contribution is 0.145. The summed E-state index contributed by atoms with van der Waals surface area (Å²) in [6, 6.07) is 18.7. The molecular weight excluding hydrogens is 442 g/mol. The highest BCUT2D eigenvalue weighted by atomic mass is 16.5. The molecule has 1 aromatic heterocycles. The van der Waals surface area contributed by atoms with Crippen LogP contribution in [0.1, 0.15) is 17.5 Å². The number of piperazine rings is 1. The second kappa shape index (κ2) is 11.9. The fourth-order valence-corrected chi connectivity index (χ4v) is 3.86. The lowest BCUT2D eigenvalue weighted by atomic mass is 10.1. The van der Waals surface area contributed by atoms with Crippen molar-refractivity contribution in [1.82, 2.24) is 19.8 Å². The molecule has 0 radical (unpaired) electrons. The molecule has 0 unspecified atom stereocenters. The normalized spacial score (nSPS) is 14.6. The van der Waals surface area contributed by atoms with Gasteiger partial charge < -0.3 is 14.5 Å². The monoisotopic (exact) mass is 471 g/mol. The number of nitrogens with zero attached hydrogens (tertiary/aromatic N) is 5. The van der Waals surface area contributed by atoms with Gasteiger partial charge >= 0.3 is 0 Å². The van der Waals surface area contributed by atoms with Gasteiger partial charge in [0.15, 0.2) is 0 Å². The number of aromatic amines is 1. The highest BCUT2D eigenvalue weighted by molar-refractivity contribution is 5.83. The first kappa shape index (κ1) is 24.1. The van der Waals surface area contributed by atoms with Crippen LogP contribution in [0.25, 0.3) is 11.3 Å². The number of benzene rings is 2. The summed E-state index contributed by atoms with van der Waals surface area (Å²) in [5.74, 6) is 0.886. The van der Waals surface area contributed by atoms with Crippen molar-refractivity contribution in [2.75, 3.05) is 51.8 Å². The average Bonchev–Trinajstić information content (AvgIpc) is 2.88. The Kier molecular flexibility index (Phi) is 8.22. The van der Waals surface area contributed by atoms with Crippen LogP contribution in [0.5, 0.6) is 5.75 Å². The molecule has 0 bridgehead atoms. The molecule has 2 N–H and O–H groups in total. The van der Waals surface area contributed by atoms with Crippen molar-refractivity contribution in [1.29, 1.82) is 5.26 Å². The molecule has 180 valence electrons. The summed E-state index contributed by atoms with van der Waals surface area (Å²) in [6.45, 7) is 6.06. The van der Waals surface area contributed by atoms with Gasteiger partial charge in [-0.2, -0.15) is 10.4 Å². The summed E-state index contributed by atoms with van der Waals surface area (Å²) >= 11 is 0. The second-order valence-electron chi connectivity index (χ2n) is 8.37. The minimum Gasteiger partial charge on any atom is -0.493 e. The number of para-hydroxylation sites is 1. The minimum atomic E-state index is -0.525. The van der Waals surface area contributed by atoms with E-state index in [0.29, 0.717) is 17.9 Å². The van der Waals surface area contributed by atoms with Gasteiger partial charge in [0.05, 0.1) is 18.5 Å². The van der Waals surface area contributed by atoms with E-state index < -0.39 is 5.56 Å². The first-order chi connectivity index (χ1) is 17.1. The average molecular weight is 472 g/mol. The Morgan fingerprint density at radius 1 is 1.14 bits per heavy atom. The summed E-state index contributed by atoms with van der Waals surface area (Å²) in [4.78, 5) is 24.2. The van der Waals surface area contributed by atoms with Crippen molar-refractivity contribution in [3.05, 3.63) is 76.1 Å². The van der Waals surface area contributed by atoms with Crippen LogP contribution >= 0.6 is 0 Å². The lowest BCUT2D eigenvalue weighted by Crippen LogP contribution is -2.44. The van der Waals surface area contributed by atoms with Crippen molar-refractivity contribution in [3.63, 3.8) is 0 Å². The molecule has 0 atom stereocenters. The zero-order valence-electron chi connectivity index (χ0n) is 19.8. The number of nitriles is 1. The van der Waals surface area contributed by atoms with Crippen LogP contribution in [-0.4, -0.2) is 72.4 Å². The quantitative estimate of drug-likeness (QED) is 0.281. The molecule has 1 saturated heterocycles. The fraction of sp³-hybridized carbons (Fsp3) is 0.308. The maximum atomic E-state index is 12.4. The molecule has 35 heavy (non-hydrogen) atoms. The Bertz CT molecular complexity index is 1240. The molecule has 0 aliphatic carbocycles. The summed E-state index contributed by atoms with van der Waals surface area (Å²) in [7, 11) is 2.16. The van der Waals surface area contributed by atoms with E-state index in [9.17, 15) is 10.1 Å². The smallest absolute Gasteiger partial charge is 0.270 e. The zero-order valence-corrected chi connectivity index (χ0v) is 19.8. The maximum absolute atomic E-state index is 12.4. The van der Waals surface area contributed by atoms with Crippen molar-refractivity contribution in [3.8, 4) is 23.1 Å². The fourth-order valence-electron chi connectivity index (χ4n) is 3.86. The molecular formula is C26H29N7O2. The van der Waals surface area contributed by atoms with Gasteiger partial charge in [0.1, 0.15) is 17.4 Å². The molecule has 0 amide bonds. The summed E-state index contributed by atoms with van der Waals surface area (Å²) < 4.78 is 6.01. The number of hydrogen-bond acceptors (Lipinski definition) is 8. The van der Waals surface area contributed by atoms with Gasteiger partial charge in [0.2, 0.25) is 5.95 Å². The van der Waals surface area contributed by atoms with Crippen molar-refractivity contribution < 1.29 is 4.74 Å². The summed E-state index contributed by atoms with van der Waals surface area (Å²) in [5, 5.41) is 13.6. The number of ether oxygens (including phenoxy) is 1. The molecule has 0 saturated carbocycles. The van der Waals surface area contributed by atoms with Crippen LogP contribution in [0.2, 0.25) is 0 Å². The first-order valence-corrected chi connectivity index (χ1v) is 11.7. The van der Waals surface area contributed by atoms with Gasteiger partial charge in [-0.25, -0.2) is 10.4 Å². The highest BCUT2D eigenvalue weighted by Crippen LogP contribution is 2.20. The lowest BCUT2D eigenvalue weighted by Gasteiger charge is -2.32. The van der Waals surface area contributed by atoms with Crippen LogP contribution < -0.4 is 15.7 Å².